The van der Waals surface area contributed by atoms with Crippen LogP contribution in [0.5, 0.6) is 11.5 Å². The number of aldehydes is 1. The molecule has 4 bridgehead atoms. The summed E-state index contributed by atoms with van der Waals surface area (Å²) >= 11 is 0. The van der Waals surface area contributed by atoms with Gasteiger partial charge < -0.3 is 24.1 Å². The Bertz CT molecular complexity index is 1320. The third kappa shape index (κ3) is 3.41. The number of hydrogen-bond acceptors (Lipinski definition) is 6. The molecule has 228 valence electrons. The van der Waals surface area contributed by atoms with Crippen molar-refractivity contribution in [1.29, 1.82) is 0 Å². The number of allylic oxidation sites excluding steroid dienone is 1. The first-order valence-corrected chi connectivity index (χ1v) is 16.2. The Kier molecular flexibility index (Phi) is 6.64. The fourth-order valence-electron chi connectivity index (χ4n) is 11.5. The number of nitrogens with zero attached hydrogens (tertiary/aromatic N) is 1. The van der Waals surface area contributed by atoms with Gasteiger partial charge >= 0.3 is 5.97 Å². The van der Waals surface area contributed by atoms with Crippen LogP contribution in [0, 0.1) is 45.8 Å². The summed E-state index contributed by atoms with van der Waals surface area (Å²) in [6.45, 7) is 9.17. The summed E-state index contributed by atoms with van der Waals surface area (Å²) in [5, 5.41) is 11.3. The Morgan fingerprint density at radius 1 is 1.12 bits per heavy atom. The Hall–Kier alpha value is -2.38. The second kappa shape index (κ2) is 9.82. The van der Waals surface area contributed by atoms with Crippen LogP contribution < -0.4 is 9.47 Å². The molecule has 7 rings (SSSR count). The van der Waals surface area contributed by atoms with Crippen LogP contribution in [-0.4, -0.2) is 61.8 Å². The number of carboxylic acids is 1. The Labute approximate surface area is 250 Å². The molecule has 0 radical (unpaired) electrons. The van der Waals surface area contributed by atoms with Crippen molar-refractivity contribution in [2.75, 3.05) is 27.3 Å². The molecule has 1 N–H and O–H groups in total. The van der Waals surface area contributed by atoms with Crippen molar-refractivity contribution in [3.63, 3.8) is 0 Å². The van der Waals surface area contributed by atoms with Gasteiger partial charge in [-0.3, -0.25) is 9.69 Å². The van der Waals surface area contributed by atoms with Crippen LogP contribution in [-0.2, 0) is 27.3 Å². The maximum Gasteiger partial charge on any atom is 0.315 e. The highest BCUT2D eigenvalue weighted by Gasteiger charge is 2.86. The second-order valence-corrected chi connectivity index (χ2v) is 14.7. The van der Waals surface area contributed by atoms with E-state index in [-0.39, 0.29) is 30.0 Å². The van der Waals surface area contributed by atoms with Crippen LogP contribution in [0.1, 0.15) is 70.4 Å². The summed E-state index contributed by atoms with van der Waals surface area (Å²) in [5.74, 6) is 1.98. The number of carbonyl (C=O) groups is 2. The maximum atomic E-state index is 13.8. The van der Waals surface area contributed by atoms with Crippen LogP contribution in [0.15, 0.2) is 23.8 Å². The lowest BCUT2D eigenvalue weighted by Gasteiger charge is -2.60. The smallest absolute Gasteiger partial charge is 0.315 e. The summed E-state index contributed by atoms with van der Waals surface area (Å²) in [6.07, 6.45) is 9.68. The number of benzene rings is 1. The van der Waals surface area contributed by atoms with Gasteiger partial charge in [-0.05, 0) is 91.4 Å². The highest BCUT2D eigenvalue weighted by molar-refractivity contribution is 5.90. The van der Waals surface area contributed by atoms with Crippen LogP contribution in [0.25, 0.3) is 0 Å². The number of fused-ring (bicyclic) bond motifs is 3. The van der Waals surface area contributed by atoms with Gasteiger partial charge in [0.05, 0.1) is 31.8 Å². The number of carbonyl (C=O) groups excluding carboxylic acids is 1. The van der Waals surface area contributed by atoms with E-state index in [1.54, 1.807) is 14.2 Å². The van der Waals surface area contributed by atoms with Crippen LogP contribution >= 0.6 is 0 Å². The molecule has 3 saturated carbocycles. The summed E-state index contributed by atoms with van der Waals surface area (Å²) in [4.78, 5) is 29.7. The molecule has 42 heavy (non-hydrogen) atoms. The summed E-state index contributed by atoms with van der Waals surface area (Å²) in [5.41, 5.74) is 1.03. The van der Waals surface area contributed by atoms with Gasteiger partial charge in [0, 0.05) is 25.0 Å². The molecule has 0 amide bonds. The van der Waals surface area contributed by atoms with Gasteiger partial charge in [-0.2, -0.15) is 0 Å². The first kappa shape index (κ1) is 28.4. The monoisotopic (exact) mass is 577 g/mol. The number of methoxy groups -OCH3 is 2. The number of ether oxygens (including phenoxy) is 3. The predicted octanol–water partition coefficient (Wildman–Crippen LogP) is 5.53. The highest BCUT2D eigenvalue weighted by Crippen LogP contribution is 2.84. The lowest BCUT2D eigenvalue weighted by Crippen LogP contribution is -2.65. The fourth-order valence-corrected chi connectivity index (χ4v) is 11.5. The quantitative estimate of drug-likeness (QED) is 0.321. The van der Waals surface area contributed by atoms with Gasteiger partial charge in [0.15, 0.2) is 11.5 Å². The SMILES string of the molecule is COc1cc2c(cc1OC)CN(CC1CCC(C34C[C@@H]5[C@H](C)CC[C@H]5C5(C=O)CC3C=C(C(C)C)C45C(=O)O)O1)CC2. The van der Waals surface area contributed by atoms with E-state index in [1.165, 1.54) is 11.1 Å². The Balaban J connectivity index is 1.19. The number of carboxylic acid groups (broad SMARTS) is 1. The largest absolute Gasteiger partial charge is 0.493 e. The van der Waals surface area contributed by atoms with E-state index in [9.17, 15) is 14.7 Å². The first-order chi connectivity index (χ1) is 20.2. The van der Waals surface area contributed by atoms with E-state index in [2.05, 4.69) is 43.9 Å². The predicted molar refractivity (Wildman–Crippen MR) is 158 cm³/mol. The molecular weight excluding hydrogens is 530 g/mol. The van der Waals surface area contributed by atoms with Gasteiger partial charge in [0.25, 0.3) is 0 Å². The minimum Gasteiger partial charge on any atom is -0.493 e. The molecule has 7 heteroatoms. The molecule has 6 aliphatic rings. The van der Waals surface area contributed by atoms with Crippen LogP contribution in [0.4, 0.5) is 0 Å². The molecule has 2 heterocycles. The van der Waals surface area contributed by atoms with E-state index < -0.39 is 22.2 Å². The van der Waals surface area contributed by atoms with Crippen molar-refractivity contribution in [1.82, 2.24) is 4.90 Å². The molecule has 7 nitrogen and oxygen atoms in total. The number of rotatable bonds is 8. The molecular formula is C35H47NO6. The van der Waals surface area contributed by atoms with Gasteiger partial charge in [0.2, 0.25) is 0 Å². The van der Waals surface area contributed by atoms with Gasteiger partial charge in [-0.25, -0.2) is 0 Å². The standard InChI is InChI=1S/C35H47NO6/c1-20(2)28-14-24-15-33(19-37)27-8-6-21(3)26(27)16-34(24,35(28,33)32(38)39)31-9-7-25(42-31)18-36-11-10-22-12-29(40-4)30(41-5)13-23(22)17-36/h12-14,19-21,24-27,31H,6-11,15-18H2,1-5H3,(H,38,39)/t21-,24?,25?,26-,27-,31?,33?,34?,35?/m1/s1. The lowest BCUT2D eigenvalue weighted by atomic mass is 9.41. The molecule has 9 atom stereocenters. The minimum atomic E-state index is -1.16. The van der Waals surface area contributed by atoms with Crippen molar-refractivity contribution < 1.29 is 28.9 Å². The van der Waals surface area contributed by atoms with Crippen LogP contribution in [0.3, 0.4) is 0 Å². The summed E-state index contributed by atoms with van der Waals surface area (Å²) in [6, 6.07) is 4.21. The molecule has 0 aromatic heterocycles. The number of hydrogen-bond donors (Lipinski definition) is 1. The third-order valence-corrected chi connectivity index (χ3v) is 12.9. The van der Waals surface area contributed by atoms with Crippen LogP contribution in [0.2, 0.25) is 0 Å². The van der Waals surface area contributed by atoms with Gasteiger partial charge in [-0.1, -0.05) is 38.8 Å². The maximum absolute atomic E-state index is 13.8. The van der Waals surface area contributed by atoms with Crippen molar-refractivity contribution in [2.24, 2.45) is 45.8 Å². The highest BCUT2D eigenvalue weighted by atomic mass is 16.5. The Morgan fingerprint density at radius 3 is 2.52 bits per heavy atom. The molecule has 1 aromatic carbocycles. The first-order valence-electron chi connectivity index (χ1n) is 16.2. The minimum absolute atomic E-state index is 0.0590. The zero-order valence-corrected chi connectivity index (χ0v) is 25.9. The lowest BCUT2D eigenvalue weighted by molar-refractivity contribution is -0.197. The average Bonchev–Trinajstić information content (AvgIpc) is 3.71. The van der Waals surface area contributed by atoms with E-state index >= 15 is 0 Å². The molecule has 1 aromatic rings. The average molecular weight is 578 g/mol. The molecule has 4 aliphatic carbocycles. The van der Waals surface area contributed by atoms with E-state index in [0.717, 1.165) is 81.5 Å². The molecule has 1 saturated heterocycles. The van der Waals surface area contributed by atoms with E-state index in [4.69, 9.17) is 14.2 Å². The third-order valence-electron chi connectivity index (χ3n) is 12.9. The molecule has 4 fully saturated rings. The molecule has 2 aliphatic heterocycles. The van der Waals surface area contributed by atoms with Gasteiger partial charge in [0.1, 0.15) is 11.7 Å². The summed E-state index contributed by atoms with van der Waals surface area (Å²) < 4.78 is 18.1. The van der Waals surface area contributed by atoms with Crippen molar-refractivity contribution >= 4 is 12.3 Å². The molecule has 0 spiro atoms. The van der Waals surface area contributed by atoms with E-state index in [1.807, 2.05) is 0 Å². The van der Waals surface area contributed by atoms with Crippen molar-refractivity contribution in [2.45, 2.75) is 84.5 Å². The zero-order chi connectivity index (χ0) is 29.6. The second-order valence-electron chi connectivity index (χ2n) is 14.7. The van der Waals surface area contributed by atoms with Crippen molar-refractivity contribution in [3.05, 3.63) is 34.9 Å². The Morgan fingerprint density at radius 2 is 1.86 bits per heavy atom. The normalized spacial score (nSPS) is 41.9. The van der Waals surface area contributed by atoms with Gasteiger partial charge in [-0.15, -0.1) is 0 Å². The number of aliphatic carboxylic acids is 1. The molecule has 6 unspecified atom stereocenters. The summed E-state index contributed by atoms with van der Waals surface area (Å²) in [7, 11) is 3.35. The van der Waals surface area contributed by atoms with Crippen molar-refractivity contribution in [3.8, 4) is 11.5 Å². The van der Waals surface area contributed by atoms with E-state index in [0.29, 0.717) is 18.3 Å². The fraction of sp³-hybridized carbons (Fsp3) is 0.714. The zero-order valence-electron chi connectivity index (χ0n) is 25.9. The topological polar surface area (TPSA) is 85.3 Å².